The molecule has 1 atom stereocenters. The molecule has 0 aromatic heterocycles. The Kier molecular flexibility index (Phi) is 30.4. The normalized spacial score (nSPS) is 8.44. The van der Waals surface area contributed by atoms with Crippen LogP contribution in [0.4, 0.5) is 0 Å². The van der Waals surface area contributed by atoms with Crippen molar-refractivity contribution in [2.75, 3.05) is 0 Å². The van der Waals surface area contributed by atoms with E-state index in [4.69, 9.17) is 22.8 Å². The number of carbonyl (C=O) groups is 1. The number of nitrogens with zero attached hydrogens (tertiary/aromatic N) is 2. The second-order valence-electron chi connectivity index (χ2n) is 4.55. The van der Waals surface area contributed by atoms with Crippen LogP contribution in [0.25, 0.3) is 0 Å². The maximum absolute atomic E-state index is 10.1. The molecule has 4 nitrogen and oxygen atoms in total. The quantitative estimate of drug-likeness (QED) is 0.484. The van der Waals surface area contributed by atoms with E-state index < -0.39 is 6.04 Å². The van der Waals surface area contributed by atoms with Crippen LogP contribution in [0.2, 0.25) is 0 Å². The Morgan fingerprint density at radius 2 is 1.22 bits per heavy atom. The van der Waals surface area contributed by atoms with Crippen molar-refractivity contribution in [3.8, 4) is 6.07 Å². The van der Waals surface area contributed by atoms with Crippen molar-refractivity contribution in [2.24, 2.45) is 5.73 Å². The van der Waals surface area contributed by atoms with Crippen molar-refractivity contribution in [1.29, 1.82) is 10.5 Å². The van der Waals surface area contributed by atoms with E-state index in [0.29, 0.717) is 0 Å². The summed E-state index contributed by atoms with van der Waals surface area (Å²) in [6, 6.07) is 16.6. The summed E-state index contributed by atoms with van der Waals surface area (Å²) < 4.78 is 0. The van der Waals surface area contributed by atoms with Crippen molar-refractivity contribution in [2.45, 2.75) is 47.6 Å². The Bertz CT molecular complexity index is 629. The second kappa shape index (κ2) is 24.7. The zero-order valence-electron chi connectivity index (χ0n) is 17.7. The van der Waals surface area contributed by atoms with Gasteiger partial charge in [-0.1, -0.05) is 87.4 Å². The zero-order valence-corrected chi connectivity index (χ0v) is 20.8. The molecule has 0 aliphatic rings. The molecule has 0 aliphatic carbocycles. The Balaban J connectivity index is -0.000000150. The van der Waals surface area contributed by atoms with Crippen LogP contribution in [0.3, 0.4) is 0 Å². The second-order valence-corrected chi connectivity index (χ2v) is 4.55. The number of aryl methyl sites for hydroxylation is 2. The molecule has 27 heavy (non-hydrogen) atoms. The average molecular weight is 392 g/mol. The molecule has 2 aromatic carbocycles. The van der Waals surface area contributed by atoms with Gasteiger partial charge in [0.05, 0.1) is 6.07 Å². The van der Waals surface area contributed by atoms with Crippen LogP contribution >= 0.6 is 0 Å². The summed E-state index contributed by atoms with van der Waals surface area (Å²) in [5.41, 5.74) is 9.45. The van der Waals surface area contributed by atoms with E-state index in [0.717, 1.165) is 17.4 Å². The number of carbonyl (C=O) groups excluding carboxylic acids is 1. The maximum Gasteiger partial charge on any atom is 1.00 e. The van der Waals surface area contributed by atoms with E-state index in [-0.39, 0.29) is 51.4 Å². The molecule has 0 heterocycles. The SMILES string of the molecule is CC.CC.Cc1ccc(C(N)C#N)cc1.Cc1ccc(C=O)cc1.[C-]#N.[K+]. The Morgan fingerprint density at radius 3 is 1.52 bits per heavy atom. The molecular formula is C22H30KN3O. The predicted molar refractivity (Wildman–Crippen MR) is 108 cm³/mol. The van der Waals surface area contributed by atoms with Gasteiger partial charge in [0.1, 0.15) is 12.3 Å². The number of hydrogen-bond donors (Lipinski definition) is 1. The first kappa shape index (κ1) is 33.3. The molecule has 0 aliphatic heterocycles. The molecule has 1 unspecified atom stereocenters. The number of nitrogens with two attached hydrogens (primary N) is 1. The molecule has 0 saturated carbocycles. The van der Waals surface area contributed by atoms with Crippen LogP contribution < -0.4 is 57.1 Å². The van der Waals surface area contributed by atoms with Gasteiger partial charge in [-0.25, -0.2) is 0 Å². The van der Waals surface area contributed by atoms with Gasteiger partial charge in [-0.2, -0.15) is 5.26 Å². The van der Waals surface area contributed by atoms with Gasteiger partial charge in [-0.15, -0.1) is 0 Å². The Labute approximate surface area is 207 Å². The number of rotatable bonds is 2. The molecule has 0 fully saturated rings. The fraction of sp³-hybridized carbons (Fsp3) is 0.318. The minimum Gasteiger partial charge on any atom is -0.512 e. The fourth-order valence-electron chi connectivity index (χ4n) is 1.49. The van der Waals surface area contributed by atoms with E-state index >= 15 is 0 Å². The van der Waals surface area contributed by atoms with Gasteiger partial charge >= 0.3 is 51.4 Å². The molecule has 140 valence electrons. The van der Waals surface area contributed by atoms with Gasteiger partial charge in [0.15, 0.2) is 0 Å². The summed E-state index contributed by atoms with van der Waals surface area (Å²) in [6.07, 6.45) is 0.847. The molecule has 2 rings (SSSR count). The van der Waals surface area contributed by atoms with Gasteiger partial charge in [0, 0.05) is 5.56 Å². The molecule has 0 radical (unpaired) electrons. The number of hydrogen-bond acceptors (Lipinski definition) is 4. The third-order valence-electron chi connectivity index (χ3n) is 2.79. The molecule has 0 bridgehead atoms. The van der Waals surface area contributed by atoms with Gasteiger partial charge in [0.2, 0.25) is 0 Å². The van der Waals surface area contributed by atoms with E-state index in [1.165, 1.54) is 11.1 Å². The monoisotopic (exact) mass is 391 g/mol. The summed E-state index contributed by atoms with van der Waals surface area (Å²) in [5, 5.41) is 14.7. The average Bonchev–Trinajstić information content (AvgIpc) is 2.73. The van der Waals surface area contributed by atoms with Crippen molar-refractivity contribution in [1.82, 2.24) is 0 Å². The first-order valence-corrected chi connectivity index (χ1v) is 8.53. The topological polar surface area (TPSA) is 90.7 Å². The van der Waals surface area contributed by atoms with E-state index in [2.05, 4.69) is 0 Å². The van der Waals surface area contributed by atoms with Crippen LogP contribution in [0.15, 0.2) is 48.5 Å². The summed E-state index contributed by atoms with van der Waals surface area (Å²) in [6.45, 7) is 16.7. The fourth-order valence-corrected chi connectivity index (χ4v) is 1.49. The summed E-state index contributed by atoms with van der Waals surface area (Å²) >= 11 is 0. The van der Waals surface area contributed by atoms with Crippen LogP contribution in [-0.4, -0.2) is 6.29 Å². The first-order chi connectivity index (χ1) is 12.6. The minimum absolute atomic E-state index is 0. The van der Waals surface area contributed by atoms with Gasteiger partial charge in [0.25, 0.3) is 0 Å². The Morgan fingerprint density at radius 1 is 0.889 bits per heavy atom. The van der Waals surface area contributed by atoms with E-state index in [1.807, 2.05) is 96.1 Å². The third kappa shape index (κ3) is 17.8. The van der Waals surface area contributed by atoms with Crippen LogP contribution in [0.5, 0.6) is 0 Å². The Hall–Kier alpha value is -1.31. The van der Waals surface area contributed by atoms with Crippen molar-refractivity contribution in [3.05, 3.63) is 77.4 Å². The molecule has 5 heteroatoms. The van der Waals surface area contributed by atoms with Gasteiger partial charge in [-0.3, -0.25) is 4.79 Å². The van der Waals surface area contributed by atoms with Gasteiger partial charge < -0.3 is 17.6 Å². The van der Waals surface area contributed by atoms with Crippen LogP contribution in [-0.2, 0) is 0 Å². The molecule has 2 N–H and O–H groups in total. The van der Waals surface area contributed by atoms with Crippen LogP contribution in [0.1, 0.15) is 60.8 Å². The summed E-state index contributed by atoms with van der Waals surface area (Å²) in [4.78, 5) is 10.1. The standard InChI is InChI=1S/C9H10N2.C8H8O.2C2H6.CN.K/c1-7-2-4-8(5-3-7)9(11)6-10;1-7-2-4-8(6-9)5-3-7;3*1-2;/h2-5,9H,11H2,1H3;2-6H,1H3;2*1-2H3;;/q;;;;-1;+1. The molecule has 2 aromatic rings. The summed E-state index contributed by atoms with van der Waals surface area (Å²) in [7, 11) is 0. The van der Waals surface area contributed by atoms with Crippen molar-refractivity contribution >= 4 is 6.29 Å². The van der Waals surface area contributed by atoms with Crippen molar-refractivity contribution < 1.29 is 56.2 Å². The largest absolute Gasteiger partial charge is 1.00 e. The minimum atomic E-state index is -0.490. The molecular weight excluding hydrogens is 361 g/mol. The summed E-state index contributed by atoms with van der Waals surface area (Å²) in [5.74, 6) is 0. The predicted octanol–water partition coefficient (Wildman–Crippen LogP) is 2.48. The first-order valence-electron chi connectivity index (χ1n) is 8.53. The van der Waals surface area contributed by atoms with E-state index in [9.17, 15) is 4.79 Å². The number of benzene rings is 2. The van der Waals surface area contributed by atoms with E-state index in [1.54, 1.807) is 0 Å². The zero-order chi connectivity index (χ0) is 21.0. The maximum atomic E-state index is 10.1. The van der Waals surface area contributed by atoms with Crippen molar-refractivity contribution in [3.63, 3.8) is 0 Å². The third-order valence-corrected chi connectivity index (χ3v) is 2.79. The molecule has 0 saturated heterocycles. The van der Waals surface area contributed by atoms with Crippen LogP contribution in [0, 0.1) is 37.0 Å². The van der Waals surface area contributed by atoms with Gasteiger partial charge in [-0.05, 0) is 19.4 Å². The number of aldehydes is 1. The number of nitriles is 1. The molecule has 0 spiro atoms. The smallest absolute Gasteiger partial charge is 0.512 e. The molecule has 0 amide bonds.